The zero-order valence-electron chi connectivity index (χ0n) is 21.8. The van der Waals surface area contributed by atoms with Crippen LogP contribution in [0.25, 0.3) is 10.4 Å². The van der Waals surface area contributed by atoms with Gasteiger partial charge in [0.15, 0.2) is 5.78 Å². The van der Waals surface area contributed by atoms with E-state index >= 15 is 0 Å². The molecule has 3 atom stereocenters. The summed E-state index contributed by atoms with van der Waals surface area (Å²) in [7, 11) is 0. The summed E-state index contributed by atoms with van der Waals surface area (Å²) in [4.78, 5) is 46.9. The van der Waals surface area contributed by atoms with Crippen LogP contribution in [0.4, 0.5) is 0 Å². The lowest BCUT2D eigenvalue weighted by atomic mass is 9.85. The van der Waals surface area contributed by atoms with Crippen LogP contribution in [0.1, 0.15) is 79.6 Å². The highest BCUT2D eigenvalue weighted by Gasteiger charge is 2.56. The molecule has 3 aliphatic heterocycles. The maximum Gasteiger partial charge on any atom is 0.252 e. The molecule has 3 heterocycles. The van der Waals surface area contributed by atoms with E-state index in [1.807, 2.05) is 12.1 Å². The van der Waals surface area contributed by atoms with Crippen LogP contribution >= 0.6 is 0 Å². The second-order valence-corrected chi connectivity index (χ2v) is 11.7. The zero-order chi connectivity index (χ0) is 26.3. The van der Waals surface area contributed by atoms with Gasteiger partial charge in [0.05, 0.1) is 12.1 Å². The maximum absolute atomic E-state index is 13.9. The van der Waals surface area contributed by atoms with Crippen LogP contribution in [0, 0.1) is 0 Å². The van der Waals surface area contributed by atoms with Gasteiger partial charge in [-0.2, -0.15) is 0 Å². The number of carbonyl (C=O) groups excluding carboxylic acids is 3. The Morgan fingerprint density at radius 2 is 1.76 bits per heavy atom. The van der Waals surface area contributed by atoms with E-state index in [-0.39, 0.29) is 30.7 Å². The summed E-state index contributed by atoms with van der Waals surface area (Å²) in [6.45, 7) is 2.32. The molecule has 0 bridgehead atoms. The molecule has 0 unspecified atom stereocenters. The number of piperidine rings is 1. The number of ether oxygens (including phenoxy) is 1. The Morgan fingerprint density at radius 1 is 1.05 bits per heavy atom. The number of likely N-dealkylation sites (tertiary alicyclic amines) is 2. The fraction of sp³-hybridized carbons (Fsp3) is 0.679. The standard InChI is InChI=1S/C28H36N6O4/c29-32-31-22-16-34(24-23(35)17-38-25(22)24)27(37)28(12-1-2-13-28)30-26(36)20-8-6-18(7-9-20)19-10-14-33(15-11-19)21-4-3-5-21/h6-9,19,21-22,24-25H,1-5,10-17H2,(H,30,36)/t22-,24-,25-/m1/s1. The molecule has 1 aromatic carbocycles. The topological polar surface area (TPSA) is 128 Å². The van der Waals surface area contributed by atoms with Crippen molar-refractivity contribution >= 4 is 17.6 Å². The largest absolute Gasteiger partial charge is 0.367 e. The monoisotopic (exact) mass is 520 g/mol. The van der Waals surface area contributed by atoms with Crippen molar-refractivity contribution in [3.63, 3.8) is 0 Å². The van der Waals surface area contributed by atoms with Gasteiger partial charge in [-0.3, -0.25) is 14.4 Å². The van der Waals surface area contributed by atoms with Gasteiger partial charge in [0.2, 0.25) is 5.91 Å². The van der Waals surface area contributed by atoms with Gasteiger partial charge >= 0.3 is 0 Å². The number of rotatable bonds is 6. The summed E-state index contributed by atoms with van der Waals surface area (Å²) in [5.74, 6) is -0.220. The number of amides is 2. The van der Waals surface area contributed by atoms with E-state index < -0.39 is 23.7 Å². The van der Waals surface area contributed by atoms with Crippen LogP contribution in [0.15, 0.2) is 29.4 Å². The molecule has 5 aliphatic rings. The van der Waals surface area contributed by atoms with Crippen molar-refractivity contribution in [1.29, 1.82) is 0 Å². The molecule has 0 radical (unpaired) electrons. The molecule has 38 heavy (non-hydrogen) atoms. The number of Topliss-reactive ketones (excluding diaryl/α,β-unsaturated/α-hetero) is 1. The van der Waals surface area contributed by atoms with Crippen molar-refractivity contribution in [3.05, 3.63) is 45.8 Å². The Bertz CT molecular complexity index is 1130. The van der Waals surface area contributed by atoms with Gasteiger partial charge in [0, 0.05) is 23.1 Å². The second kappa shape index (κ2) is 10.3. The van der Waals surface area contributed by atoms with Crippen LogP contribution in [0.3, 0.4) is 0 Å². The average molecular weight is 521 g/mol. The van der Waals surface area contributed by atoms with Crippen LogP contribution in [0.2, 0.25) is 0 Å². The lowest BCUT2D eigenvalue weighted by Gasteiger charge is -2.42. The van der Waals surface area contributed by atoms with Gasteiger partial charge in [0.25, 0.3) is 5.91 Å². The summed E-state index contributed by atoms with van der Waals surface area (Å²) in [5.41, 5.74) is 9.69. The third-order valence-corrected chi connectivity index (χ3v) is 9.60. The molecule has 10 heteroatoms. The number of hydrogen-bond donors (Lipinski definition) is 1. The Labute approximate surface area is 222 Å². The van der Waals surface area contributed by atoms with Gasteiger partial charge in [-0.15, -0.1) is 0 Å². The first-order chi connectivity index (χ1) is 18.5. The van der Waals surface area contributed by atoms with Crippen molar-refractivity contribution in [2.24, 2.45) is 5.11 Å². The molecule has 1 aromatic rings. The number of nitrogens with zero attached hydrogens (tertiary/aromatic N) is 5. The summed E-state index contributed by atoms with van der Waals surface area (Å²) in [6.07, 6.45) is 8.40. The van der Waals surface area contributed by atoms with Crippen molar-refractivity contribution in [2.75, 3.05) is 26.2 Å². The van der Waals surface area contributed by atoms with E-state index in [1.54, 1.807) is 0 Å². The first kappa shape index (κ1) is 25.3. The molecule has 2 amide bonds. The number of fused-ring (bicyclic) bond motifs is 1. The predicted molar refractivity (Wildman–Crippen MR) is 139 cm³/mol. The van der Waals surface area contributed by atoms with E-state index in [1.165, 1.54) is 29.7 Å². The molecule has 10 nitrogen and oxygen atoms in total. The van der Waals surface area contributed by atoms with Crippen molar-refractivity contribution in [2.45, 2.75) is 93.5 Å². The van der Waals surface area contributed by atoms with Gasteiger partial charge in [-0.1, -0.05) is 36.5 Å². The molecular weight excluding hydrogens is 484 g/mol. The number of azide groups is 1. The SMILES string of the molecule is [N-]=[N+]=N[C@@H]1CN(C(=O)C2(NC(=O)c3ccc(C4CCN(C5CCC5)CC4)cc3)CCCC2)[C@@H]2C(=O)CO[C@@H]21. The number of carbonyl (C=O) groups is 3. The lowest BCUT2D eigenvalue weighted by molar-refractivity contribution is -0.142. The van der Waals surface area contributed by atoms with Gasteiger partial charge in [-0.05, 0) is 80.8 Å². The minimum atomic E-state index is -1.07. The Balaban J connectivity index is 1.13. The number of ketones is 1. The minimum Gasteiger partial charge on any atom is -0.367 e. The lowest BCUT2D eigenvalue weighted by Crippen LogP contribution is -2.60. The van der Waals surface area contributed by atoms with E-state index in [2.05, 4.69) is 32.4 Å². The molecular formula is C28H36N6O4. The summed E-state index contributed by atoms with van der Waals surface area (Å²) < 4.78 is 5.57. The van der Waals surface area contributed by atoms with E-state index in [4.69, 9.17) is 10.3 Å². The number of hydrogen-bond acceptors (Lipinski definition) is 6. The first-order valence-corrected chi connectivity index (χ1v) is 14.2. The smallest absolute Gasteiger partial charge is 0.252 e. The average Bonchev–Trinajstić information content (AvgIpc) is 3.62. The Kier molecular flexibility index (Phi) is 6.88. The van der Waals surface area contributed by atoms with Gasteiger partial charge in [-0.25, -0.2) is 0 Å². The van der Waals surface area contributed by atoms with Crippen LogP contribution in [0.5, 0.6) is 0 Å². The molecule has 2 saturated carbocycles. The molecule has 202 valence electrons. The normalized spacial score (nSPS) is 29.5. The summed E-state index contributed by atoms with van der Waals surface area (Å²) in [6, 6.07) is 7.29. The van der Waals surface area contributed by atoms with E-state index in [0.717, 1.165) is 44.8 Å². The predicted octanol–water partition coefficient (Wildman–Crippen LogP) is 3.32. The highest BCUT2D eigenvalue weighted by Crippen LogP contribution is 2.38. The zero-order valence-corrected chi connectivity index (χ0v) is 21.8. The Hall–Kier alpha value is -2.94. The molecule has 0 aromatic heterocycles. The molecule has 0 spiro atoms. The fourth-order valence-corrected chi connectivity index (χ4v) is 7.20. The molecule has 1 N–H and O–H groups in total. The van der Waals surface area contributed by atoms with Crippen molar-refractivity contribution in [3.8, 4) is 0 Å². The molecule has 5 fully saturated rings. The first-order valence-electron chi connectivity index (χ1n) is 14.2. The third-order valence-electron chi connectivity index (χ3n) is 9.60. The summed E-state index contributed by atoms with van der Waals surface area (Å²) in [5, 5.41) is 6.84. The van der Waals surface area contributed by atoms with Crippen LogP contribution < -0.4 is 5.32 Å². The number of benzene rings is 1. The fourth-order valence-electron chi connectivity index (χ4n) is 7.20. The van der Waals surface area contributed by atoms with E-state index in [9.17, 15) is 14.4 Å². The molecule has 6 rings (SSSR count). The van der Waals surface area contributed by atoms with Crippen molar-refractivity contribution < 1.29 is 19.1 Å². The van der Waals surface area contributed by atoms with Gasteiger partial charge in [0.1, 0.15) is 18.2 Å². The third kappa shape index (κ3) is 4.48. The van der Waals surface area contributed by atoms with Crippen LogP contribution in [-0.2, 0) is 14.3 Å². The highest BCUT2D eigenvalue weighted by molar-refractivity contribution is 6.01. The highest BCUT2D eigenvalue weighted by atomic mass is 16.5. The number of nitrogens with one attached hydrogen (secondary N) is 1. The second-order valence-electron chi connectivity index (χ2n) is 11.7. The van der Waals surface area contributed by atoms with Crippen molar-refractivity contribution in [1.82, 2.24) is 15.1 Å². The summed E-state index contributed by atoms with van der Waals surface area (Å²) >= 11 is 0. The minimum absolute atomic E-state index is 0.0954. The van der Waals surface area contributed by atoms with E-state index in [0.29, 0.717) is 24.3 Å². The Morgan fingerprint density at radius 3 is 2.39 bits per heavy atom. The van der Waals surface area contributed by atoms with Gasteiger partial charge < -0.3 is 19.9 Å². The molecule has 2 aliphatic carbocycles. The quantitative estimate of drug-likeness (QED) is 0.350. The maximum atomic E-state index is 13.9. The van der Waals surface area contributed by atoms with Crippen LogP contribution in [-0.4, -0.2) is 83.4 Å². The molecule has 3 saturated heterocycles.